The van der Waals surface area contributed by atoms with E-state index in [1.54, 1.807) is 24.3 Å². The summed E-state index contributed by atoms with van der Waals surface area (Å²) in [6, 6.07) is 10.3. The Bertz CT molecular complexity index is 614. The number of halogens is 1. The van der Waals surface area contributed by atoms with Crippen molar-refractivity contribution >= 4 is 17.1 Å². The van der Waals surface area contributed by atoms with Crippen molar-refractivity contribution in [2.24, 2.45) is 0 Å². The average molecular weight is 276 g/mol. The number of nitro groups is 1. The van der Waals surface area contributed by atoms with Crippen molar-refractivity contribution in [1.82, 2.24) is 0 Å². The summed E-state index contributed by atoms with van der Waals surface area (Å²) in [6.45, 7) is 0.0577. The van der Waals surface area contributed by atoms with Gasteiger partial charge in [-0.05, 0) is 30.2 Å². The Morgan fingerprint density at radius 3 is 2.50 bits per heavy atom. The van der Waals surface area contributed by atoms with Crippen molar-refractivity contribution in [2.45, 2.75) is 6.42 Å². The summed E-state index contributed by atoms with van der Waals surface area (Å²) >= 11 is 0. The lowest BCUT2D eigenvalue weighted by Gasteiger charge is -2.08. The first-order valence-electron chi connectivity index (χ1n) is 6.01. The third-order valence-electron chi connectivity index (χ3n) is 2.79. The number of hydrogen-bond donors (Lipinski definition) is 2. The number of benzene rings is 2. The van der Waals surface area contributed by atoms with Gasteiger partial charge in [0.05, 0.1) is 4.92 Å². The molecule has 0 bridgehead atoms. The maximum atomic E-state index is 13.2. The largest absolute Gasteiger partial charge is 0.396 e. The maximum Gasteiger partial charge on any atom is 0.292 e. The van der Waals surface area contributed by atoms with E-state index < -0.39 is 10.7 Å². The van der Waals surface area contributed by atoms with Crippen LogP contribution in [0.4, 0.5) is 21.5 Å². The summed E-state index contributed by atoms with van der Waals surface area (Å²) in [4.78, 5) is 10.3. The smallest absolute Gasteiger partial charge is 0.292 e. The highest BCUT2D eigenvalue weighted by molar-refractivity contribution is 5.69. The molecule has 0 radical (unpaired) electrons. The first-order chi connectivity index (χ1) is 9.60. The van der Waals surface area contributed by atoms with E-state index in [0.29, 0.717) is 12.1 Å². The molecule has 0 unspecified atom stereocenters. The van der Waals surface area contributed by atoms with Gasteiger partial charge in [0.15, 0.2) is 0 Å². The second kappa shape index (κ2) is 6.12. The Morgan fingerprint density at radius 2 is 1.90 bits per heavy atom. The Morgan fingerprint density at radius 1 is 1.20 bits per heavy atom. The van der Waals surface area contributed by atoms with Gasteiger partial charge in [0, 0.05) is 24.4 Å². The Hall–Kier alpha value is -2.47. The molecule has 0 spiro atoms. The molecule has 0 aliphatic rings. The summed E-state index contributed by atoms with van der Waals surface area (Å²) in [5.74, 6) is -0.546. The van der Waals surface area contributed by atoms with E-state index in [1.165, 1.54) is 0 Å². The van der Waals surface area contributed by atoms with E-state index in [9.17, 15) is 14.5 Å². The number of nitrogens with one attached hydrogen (secondary N) is 1. The molecule has 2 N–H and O–H groups in total. The van der Waals surface area contributed by atoms with E-state index in [4.69, 9.17) is 5.11 Å². The van der Waals surface area contributed by atoms with Crippen LogP contribution in [-0.2, 0) is 6.42 Å². The zero-order chi connectivity index (χ0) is 14.5. The summed E-state index contributed by atoms with van der Waals surface area (Å²) in [5.41, 5.74) is 1.47. The summed E-state index contributed by atoms with van der Waals surface area (Å²) in [7, 11) is 0. The molecule has 0 fully saturated rings. The van der Waals surface area contributed by atoms with Crippen LogP contribution in [-0.4, -0.2) is 16.6 Å². The number of nitro benzene ring substituents is 1. The predicted octanol–water partition coefficient (Wildman–Crippen LogP) is 3.01. The molecular weight excluding hydrogens is 263 g/mol. The summed E-state index contributed by atoms with van der Waals surface area (Å²) < 4.78 is 13.2. The molecule has 20 heavy (non-hydrogen) atoms. The van der Waals surface area contributed by atoms with Crippen molar-refractivity contribution in [3.05, 3.63) is 64.0 Å². The van der Waals surface area contributed by atoms with E-state index >= 15 is 0 Å². The van der Waals surface area contributed by atoms with E-state index in [1.807, 2.05) is 0 Å². The molecular formula is C14H13FN2O3. The van der Waals surface area contributed by atoms with E-state index in [0.717, 1.165) is 23.8 Å². The van der Waals surface area contributed by atoms with Gasteiger partial charge >= 0.3 is 0 Å². The highest BCUT2D eigenvalue weighted by Gasteiger charge is 2.14. The summed E-state index contributed by atoms with van der Waals surface area (Å²) in [6.07, 6.45) is 0.542. The van der Waals surface area contributed by atoms with Gasteiger partial charge < -0.3 is 10.4 Å². The number of hydrogen-bond acceptors (Lipinski definition) is 4. The molecule has 104 valence electrons. The van der Waals surface area contributed by atoms with Crippen LogP contribution in [0.2, 0.25) is 0 Å². The third kappa shape index (κ3) is 3.30. The number of aliphatic hydroxyl groups excluding tert-OH is 1. The molecule has 0 heterocycles. The lowest BCUT2D eigenvalue weighted by Crippen LogP contribution is -1.98. The molecule has 0 saturated carbocycles. The normalized spacial score (nSPS) is 10.3. The highest BCUT2D eigenvalue weighted by Crippen LogP contribution is 2.28. The number of anilines is 2. The lowest BCUT2D eigenvalue weighted by molar-refractivity contribution is -0.384. The average Bonchev–Trinajstić information content (AvgIpc) is 2.41. The van der Waals surface area contributed by atoms with Gasteiger partial charge in [0.2, 0.25) is 0 Å². The molecule has 0 atom stereocenters. The standard InChI is InChI=1S/C14H13FN2O3/c15-11-3-6-14(17(19)20)13(9-11)16-12-4-1-10(2-5-12)7-8-18/h1-6,9,16,18H,7-8H2. The van der Waals surface area contributed by atoms with Gasteiger partial charge in [-0.25, -0.2) is 4.39 Å². The first-order valence-corrected chi connectivity index (χ1v) is 6.01. The number of rotatable bonds is 5. The van der Waals surface area contributed by atoms with Crippen LogP contribution < -0.4 is 5.32 Å². The van der Waals surface area contributed by atoms with Crippen molar-refractivity contribution in [2.75, 3.05) is 11.9 Å². The van der Waals surface area contributed by atoms with Crippen molar-refractivity contribution < 1.29 is 14.4 Å². The molecule has 5 nitrogen and oxygen atoms in total. The molecule has 0 amide bonds. The molecule has 2 aromatic rings. The lowest BCUT2D eigenvalue weighted by atomic mass is 10.1. The molecule has 0 saturated heterocycles. The Balaban J connectivity index is 2.25. The Labute approximate surface area is 114 Å². The first kappa shape index (κ1) is 14.0. The molecule has 0 aliphatic heterocycles. The molecule has 2 rings (SSSR count). The summed E-state index contributed by atoms with van der Waals surface area (Å²) in [5, 5.41) is 22.5. The number of nitrogens with zero attached hydrogens (tertiary/aromatic N) is 1. The van der Waals surface area contributed by atoms with Crippen molar-refractivity contribution in [1.29, 1.82) is 0 Å². The van der Waals surface area contributed by atoms with Crippen LogP contribution in [0, 0.1) is 15.9 Å². The van der Waals surface area contributed by atoms with Gasteiger partial charge in [0.25, 0.3) is 5.69 Å². The quantitative estimate of drug-likeness (QED) is 0.650. The third-order valence-corrected chi connectivity index (χ3v) is 2.79. The fraction of sp³-hybridized carbons (Fsp3) is 0.143. The molecule has 0 aromatic heterocycles. The van der Waals surface area contributed by atoms with Crippen LogP contribution in [0.5, 0.6) is 0 Å². The number of aliphatic hydroxyl groups is 1. The molecule has 2 aromatic carbocycles. The van der Waals surface area contributed by atoms with Crippen LogP contribution in [0.3, 0.4) is 0 Å². The molecule has 6 heteroatoms. The van der Waals surface area contributed by atoms with Gasteiger partial charge in [-0.2, -0.15) is 0 Å². The monoisotopic (exact) mass is 276 g/mol. The second-order valence-electron chi connectivity index (χ2n) is 4.21. The van der Waals surface area contributed by atoms with Crippen LogP contribution in [0.15, 0.2) is 42.5 Å². The zero-order valence-electron chi connectivity index (χ0n) is 10.5. The van der Waals surface area contributed by atoms with E-state index in [2.05, 4.69) is 5.32 Å². The fourth-order valence-corrected chi connectivity index (χ4v) is 1.81. The topological polar surface area (TPSA) is 75.4 Å². The van der Waals surface area contributed by atoms with Gasteiger partial charge in [-0.3, -0.25) is 10.1 Å². The Kier molecular flexibility index (Phi) is 4.27. The second-order valence-corrected chi connectivity index (χ2v) is 4.21. The minimum Gasteiger partial charge on any atom is -0.396 e. The predicted molar refractivity (Wildman–Crippen MR) is 73.6 cm³/mol. The van der Waals surface area contributed by atoms with Crippen LogP contribution >= 0.6 is 0 Å². The minimum atomic E-state index is -0.568. The van der Waals surface area contributed by atoms with Gasteiger partial charge in [-0.15, -0.1) is 0 Å². The minimum absolute atomic E-state index is 0.0577. The zero-order valence-corrected chi connectivity index (χ0v) is 10.5. The van der Waals surface area contributed by atoms with E-state index in [-0.39, 0.29) is 18.0 Å². The van der Waals surface area contributed by atoms with Crippen LogP contribution in [0.1, 0.15) is 5.56 Å². The van der Waals surface area contributed by atoms with Crippen molar-refractivity contribution in [3.8, 4) is 0 Å². The van der Waals surface area contributed by atoms with Crippen LogP contribution in [0.25, 0.3) is 0 Å². The molecule has 0 aliphatic carbocycles. The van der Waals surface area contributed by atoms with Gasteiger partial charge in [-0.1, -0.05) is 12.1 Å². The van der Waals surface area contributed by atoms with Gasteiger partial charge in [0.1, 0.15) is 11.5 Å². The fourth-order valence-electron chi connectivity index (χ4n) is 1.81. The highest BCUT2D eigenvalue weighted by atomic mass is 19.1. The maximum absolute atomic E-state index is 13.2. The SMILES string of the molecule is O=[N+]([O-])c1ccc(F)cc1Nc1ccc(CCO)cc1. The van der Waals surface area contributed by atoms with Crippen molar-refractivity contribution in [3.63, 3.8) is 0 Å².